The van der Waals surface area contributed by atoms with Gasteiger partial charge in [0.1, 0.15) is 17.9 Å². The van der Waals surface area contributed by atoms with Crippen LogP contribution in [0, 0.1) is 10.1 Å². The summed E-state index contributed by atoms with van der Waals surface area (Å²) in [6.07, 6.45) is 1.17. The molecule has 0 atom stereocenters. The van der Waals surface area contributed by atoms with Crippen LogP contribution in [0.2, 0.25) is 0 Å². The van der Waals surface area contributed by atoms with Gasteiger partial charge in [-0.05, 0) is 4.92 Å². The zero-order valence-electron chi connectivity index (χ0n) is 7.41. The molecule has 0 saturated carbocycles. The Kier molecular flexibility index (Phi) is 3.10. The fourth-order valence-electron chi connectivity index (χ4n) is 0.764. The lowest BCUT2D eigenvalue weighted by Gasteiger charge is -1.98. The highest BCUT2D eigenvalue weighted by atomic mass is 16.6. The van der Waals surface area contributed by atoms with E-state index in [4.69, 9.17) is 0 Å². The van der Waals surface area contributed by atoms with Gasteiger partial charge in [-0.15, -0.1) is 0 Å². The highest BCUT2D eigenvalue weighted by Crippen LogP contribution is 2.02. The highest BCUT2D eigenvalue weighted by Gasteiger charge is 2.11. The predicted octanol–water partition coefficient (Wildman–Crippen LogP) is -0.251. The number of hydrogen-bond donors (Lipinski definition) is 0. The van der Waals surface area contributed by atoms with Crippen molar-refractivity contribution in [1.29, 1.82) is 0 Å². The van der Waals surface area contributed by atoms with Crippen LogP contribution in [0.15, 0.2) is 6.20 Å². The van der Waals surface area contributed by atoms with Crippen LogP contribution in [-0.4, -0.2) is 32.5 Å². The third kappa shape index (κ3) is 2.81. The van der Waals surface area contributed by atoms with Gasteiger partial charge in [-0.25, -0.2) is 4.68 Å². The van der Waals surface area contributed by atoms with E-state index in [1.807, 2.05) is 0 Å². The Morgan fingerprint density at radius 3 is 3.00 bits per heavy atom. The average Bonchev–Trinajstić information content (AvgIpc) is 2.52. The summed E-state index contributed by atoms with van der Waals surface area (Å²) >= 11 is 0. The molecule has 1 aromatic rings. The molecular formula is C6H8N4O4. The number of aromatic nitrogens is 3. The minimum absolute atomic E-state index is 0.121. The molecule has 0 aromatic carbocycles. The third-order valence-electron chi connectivity index (χ3n) is 1.34. The van der Waals surface area contributed by atoms with Gasteiger partial charge in [-0.3, -0.25) is 4.79 Å². The molecule has 0 spiro atoms. The second-order valence-electron chi connectivity index (χ2n) is 2.44. The summed E-state index contributed by atoms with van der Waals surface area (Å²) in [5.41, 5.74) is 0. The number of carbonyl (C=O) groups excluding carboxylic acids is 1. The number of esters is 1. The molecule has 8 heteroatoms. The SMILES string of the molecule is CC(=O)OCCn1cc([N+](=O)[O-])nn1. The van der Waals surface area contributed by atoms with Crippen LogP contribution in [0.25, 0.3) is 0 Å². The summed E-state index contributed by atoms with van der Waals surface area (Å²) in [6.45, 7) is 1.65. The molecule has 0 radical (unpaired) electrons. The Morgan fingerprint density at radius 2 is 2.50 bits per heavy atom. The van der Waals surface area contributed by atoms with Crippen LogP contribution >= 0.6 is 0 Å². The predicted molar refractivity (Wildman–Crippen MR) is 43.3 cm³/mol. The molecule has 76 valence electrons. The molecule has 0 aliphatic carbocycles. The molecular weight excluding hydrogens is 192 g/mol. The Balaban J connectivity index is 2.44. The first-order valence-electron chi connectivity index (χ1n) is 3.77. The zero-order valence-corrected chi connectivity index (χ0v) is 7.41. The van der Waals surface area contributed by atoms with Crippen LogP contribution in [0.4, 0.5) is 5.82 Å². The molecule has 0 bridgehead atoms. The molecule has 0 saturated heterocycles. The summed E-state index contributed by atoms with van der Waals surface area (Å²) in [4.78, 5) is 19.9. The monoisotopic (exact) mass is 200 g/mol. The molecule has 1 aromatic heterocycles. The minimum atomic E-state index is -0.644. The lowest BCUT2D eigenvalue weighted by Crippen LogP contribution is -2.09. The largest absolute Gasteiger partial charge is 0.464 e. The van der Waals surface area contributed by atoms with Crippen molar-refractivity contribution in [3.05, 3.63) is 16.3 Å². The van der Waals surface area contributed by atoms with Crippen LogP contribution in [0.5, 0.6) is 0 Å². The molecule has 0 aliphatic heterocycles. The summed E-state index contributed by atoms with van der Waals surface area (Å²) < 4.78 is 5.86. The van der Waals surface area contributed by atoms with E-state index in [9.17, 15) is 14.9 Å². The Morgan fingerprint density at radius 1 is 1.79 bits per heavy atom. The molecule has 8 nitrogen and oxygen atoms in total. The third-order valence-corrected chi connectivity index (χ3v) is 1.34. The van der Waals surface area contributed by atoms with Gasteiger partial charge < -0.3 is 14.9 Å². The molecule has 14 heavy (non-hydrogen) atoms. The van der Waals surface area contributed by atoms with E-state index in [1.165, 1.54) is 17.8 Å². The van der Waals surface area contributed by atoms with Gasteiger partial charge in [-0.2, -0.15) is 0 Å². The van der Waals surface area contributed by atoms with Crippen molar-refractivity contribution >= 4 is 11.8 Å². The van der Waals surface area contributed by atoms with Crippen molar-refractivity contribution in [3.63, 3.8) is 0 Å². The topological polar surface area (TPSA) is 100 Å². The maximum Gasteiger partial charge on any atom is 0.410 e. The van der Waals surface area contributed by atoms with Crippen molar-refractivity contribution in [2.75, 3.05) is 6.61 Å². The summed E-state index contributed by atoms with van der Waals surface area (Å²) in [5.74, 6) is -0.729. The molecule has 1 heterocycles. The quantitative estimate of drug-likeness (QED) is 0.377. The average molecular weight is 200 g/mol. The normalized spacial score (nSPS) is 9.79. The summed E-state index contributed by atoms with van der Waals surface area (Å²) in [7, 11) is 0. The van der Waals surface area contributed by atoms with Crippen molar-refractivity contribution < 1.29 is 14.5 Å². The summed E-state index contributed by atoms with van der Waals surface area (Å²) in [6, 6.07) is 0. The fourth-order valence-corrected chi connectivity index (χ4v) is 0.764. The van der Waals surface area contributed by atoms with Gasteiger partial charge in [0.2, 0.25) is 0 Å². The Bertz CT molecular complexity index is 347. The van der Waals surface area contributed by atoms with Gasteiger partial charge in [-0.1, -0.05) is 0 Å². The first kappa shape index (κ1) is 10.1. The lowest BCUT2D eigenvalue weighted by atomic mass is 10.6. The van der Waals surface area contributed by atoms with E-state index in [1.54, 1.807) is 0 Å². The first-order chi connectivity index (χ1) is 6.59. The van der Waals surface area contributed by atoms with Crippen molar-refractivity contribution in [2.45, 2.75) is 13.5 Å². The van der Waals surface area contributed by atoms with Gasteiger partial charge >= 0.3 is 11.8 Å². The number of carbonyl (C=O) groups is 1. The Labute approximate surface area is 78.6 Å². The van der Waals surface area contributed by atoms with Gasteiger partial charge in [0.25, 0.3) is 0 Å². The molecule has 0 fully saturated rings. The van der Waals surface area contributed by atoms with Crippen molar-refractivity contribution in [3.8, 4) is 0 Å². The molecule has 0 unspecified atom stereocenters. The first-order valence-corrected chi connectivity index (χ1v) is 3.77. The molecule has 0 N–H and O–H groups in total. The number of rotatable bonds is 4. The standard InChI is InChI=1S/C6H8N4O4/c1-5(11)14-3-2-9-4-6(7-8-9)10(12)13/h4H,2-3H2,1H3. The number of ether oxygens (including phenoxy) is 1. The van der Waals surface area contributed by atoms with E-state index >= 15 is 0 Å². The minimum Gasteiger partial charge on any atom is -0.464 e. The van der Waals surface area contributed by atoms with Crippen molar-refractivity contribution in [1.82, 2.24) is 15.0 Å². The zero-order chi connectivity index (χ0) is 10.6. The number of nitrogens with zero attached hydrogens (tertiary/aromatic N) is 4. The number of hydrogen-bond acceptors (Lipinski definition) is 6. The molecule has 0 amide bonds. The molecule has 1 rings (SSSR count). The van der Waals surface area contributed by atoms with Crippen LogP contribution < -0.4 is 0 Å². The van der Waals surface area contributed by atoms with E-state index < -0.39 is 10.9 Å². The van der Waals surface area contributed by atoms with Crippen LogP contribution in [0.3, 0.4) is 0 Å². The summed E-state index contributed by atoms with van der Waals surface area (Å²) in [5, 5.41) is 17.0. The lowest BCUT2D eigenvalue weighted by molar-refractivity contribution is -0.389. The highest BCUT2D eigenvalue weighted by molar-refractivity contribution is 5.65. The van der Waals surface area contributed by atoms with Gasteiger partial charge in [0.15, 0.2) is 0 Å². The van der Waals surface area contributed by atoms with E-state index in [0.29, 0.717) is 0 Å². The maximum absolute atomic E-state index is 10.4. The second kappa shape index (κ2) is 4.30. The van der Waals surface area contributed by atoms with Gasteiger partial charge in [0.05, 0.1) is 11.8 Å². The van der Waals surface area contributed by atoms with E-state index in [-0.39, 0.29) is 19.0 Å². The second-order valence-corrected chi connectivity index (χ2v) is 2.44. The maximum atomic E-state index is 10.4. The molecule has 0 aliphatic rings. The van der Waals surface area contributed by atoms with E-state index in [0.717, 1.165) is 0 Å². The smallest absolute Gasteiger partial charge is 0.410 e. The van der Waals surface area contributed by atoms with Gasteiger partial charge in [0, 0.05) is 6.92 Å². The fraction of sp³-hybridized carbons (Fsp3) is 0.500. The van der Waals surface area contributed by atoms with Crippen LogP contribution in [0.1, 0.15) is 6.92 Å². The number of nitro groups is 1. The Hall–Kier alpha value is -1.99. The van der Waals surface area contributed by atoms with Crippen LogP contribution in [-0.2, 0) is 16.1 Å². The van der Waals surface area contributed by atoms with E-state index in [2.05, 4.69) is 15.0 Å². The van der Waals surface area contributed by atoms with Crippen molar-refractivity contribution in [2.24, 2.45) is 0 Å².